The molecule has 0 aliphatic carbocycles. The van der Waals surface area contributed by atoms with Crippen LogP contribution in [0.5, 0.6) is 0 Å². The number of carbonyl (C=O) groups excluding carboxylic acids is 1. The number of nitrogens with zero attached hydrogens (tertiary/aromatic N) is 2. The summed E-state index contributed by atoms with van der Waals surface area (Å²) in [5.41, 5.74) is 2.24. The van der Waals surface area contributed by atoms with Crippen LogP contribution in [0, 0.1) is 0 Å². The highest BCUT2D eigenvalue weighted by atomic mass is 35.5. The van der Waals surface area contributed by atoms with E-state index in [1.165, 1.54) is 0 Å². The number of carbonyl (C=O) groups is 1. The fourth-order valence-corrected chi connectivity index (χ4v) is 2.39. The molecule has 0 aliphatic rings. The van der Waals surface area contributed by atoms with Crippen molar-refractivity contribution < 1.29 is 9.32 Å². The first-order valence-corrected chi connectivity index (χ1v) is 8.00. The molecule has 0 spiro atoms. The average Bonchev–Trinajstić information content (AvgIpc) is 3.10. The molecular formula is C18H16ClN3O2. The van der Waals surface area contributed by atoms with Crippen LogP contribution in [0.25, 0.3) is 11.3 Å². The number of pyridine rings is 1. The summed E-state index contributed by atoms with van der Waals surface area (Å²) in [7, 11) is 0. The molecule has 0 bridgehead atoms. The smallest absolute Gasteiger partial charge is 0.273 e. The van der Waals surface area contributed by atoms with Crippen LogP contribution in [0.2, 0.25) is 5.02 Å². The zero-order valence-electron chi connectivity index (χ0n) is 12.9. The van der Waals surface area contributed by atoms with E-state index in [4.69, 9.17) is 16.1 Å². The quantitative estimate of drug-likeness (QED) is 0.693. The van der Waals surface area contributed by atoms with Gasteiger partial charge in [0.25, 0.3) is 5.91 Å². The molecule has 2 heterocycles. The fraction of sp³-hybridized carbons (Fsp3) is 0.167. The summed E-state index contributed by atoms with van der Waals surface area (Å²) in [5.74, 6) is 0.289. The Kier molecular flexibility index (Phi) is 5.23. The second-order valence-corrected chi connectivity index (χ2v) is 5.74. The largest absolute Gasteiger partial charge is 0.355 e. The number of aryl methyl sites for hydroxylation is 1. The molecule has 0 saturated carbocycles. The second kappa shape index (κ2) is 7.75. The number of nitrogens with one attached hydrogen (secondary N) is 1. The monoisotopic (exact) mass is 341 g/mol. The number of hydrogen-bond acceptors (Lipinski definition) is 4. The maximum Gasteiger partial charge on any atom is 0.273 e. The predicted octanol–water partition coefficient (Wildman–Crippen LogP) is 3.75. The van der Waals surface area contributed by atoms with Gasteiger partial charge in [-0.05, 0) is 48.7 Å². The summed E-state index contributed by atoms with van der Waals surface area (Å²) in [4.78, 5) is 16.2. The number of benzene rings is 1. The maximum absolute atomic E-state index is 12.1. The standard InChI is InChI=1S/C18H16ClN3O2/c19-15-7-5-14(6-8-15)17-11-16(22-24-17)18(23)21-10-2-4-13-3-1-9-20-12-13/h1,3,5-9,11-12H,2,4,10H2,(H,21,23). The van der Waals surface area contributed by atoms with Crippen molar-refractivity contribution >= 4 is 17.5 Å². The maximum atomic E-state index is 12.1. The van der Waals surface area contributed by atoms with Crippen molar-refractivity contribution in [3.8, 4) is 11.3 Å². The Labute approximate surface area is 144 Å². The van der Waals surface area contributed by atoms with Gasteiger partial charge in [0, 0.05) is 35.6 Å². The van der Waals surface area contributed by atoms with E-state index in [0.29, 0.717) is 17.3 Å². The van der Waals surface area contributed by atoms with E-state index in [9.17, 15) is 4.79 Å². The minimum Gasteiger partial charge on any atom is -0.355 e. The summed E-state index contributed by atoms with van der Waals surface area (Å²) in [6.45, 7) is 0.566. The first-order chi connectivity index (χ1) is 11.7. The van der Waals surface area contributed by atoms with Crippen molar-refractivity contribution in [2.45, 2.75) is 12.8 Å². The first kappa shape index (κ1) is 16.2. The third-order valence-corrected chi connectivity index (χ3v) is 3.77. The van der Waals surface area contributed by atoms with Crippen molar-refractivity contribution in [2.75, 3.05) is 6.54 Å². The minimum atomic E-state index is -0.245. The number of halogens is 1. The van der Waals surface area contributed by atoms with Crippen LogP contribution >= 0.6 is 11.6 Å². The van der Waals surface area contributed by atoms with Crippen molar-refractivity contribution in [3.05, 3.63) is 71.1 Å². The lowest BCUT2D eigenvalue weighted by molar-refractivity contribution is 0.0944. The molecule has 5 nitrogen and oxygen atoms in total. The molecule has 6 heteroatoms. The Hall–Kier alpha value is -2.66. The van der Waals surface area contributed by atoms with E-state index in [1.54, 1.807) is 24.4 Å². The van der Waals surface area contributed by atoms with Gasteiger partial charge in [-0.25, -0.2) is 0 Å². The molecular weight excluding hydrogens is 326 g/mol. The van der Waals surface area contributed by atoms with Crippen LogP contribution in [0.4, 0.5) is 0 Å². The SMILES string of the molecule is O=C(NCCCc1cccnc1)c1cc(-c2ccc(Cl)cc2)on1. The van der Waals surface area contributed by atoms with E-state index >= 15 is 0 Å². The number of amides is 1. The van der Waals surface area contributed by atoms with Gasteiger partial charge >= 0.3 is 0 Å². The summed E-state index contributed by atoms with van der Waals surface area (Å²) < 4.78 is 5.23. The van der Waals surface area contributed by atoms with Crippen molar-refractivity contribution in [2.24, 2.45) is 0 Å². The molecule has 1 aromatic carbocycles. The number of rotatable bonds is 6. The molecule has 1 N–H and O–H groups in total. The van der Waals surface area contributed by atoms with Crippen LogP contribution in [-0.4, -0.2) is 22.6 Å². The van der Waals surface area contributed by atoms with Gasteiger partial charge in [0.05, 0.1) is 0 Å². The topological polar surface area (TPSA) is 68.0 Å². The molecule has 122 valence electrons. The third-order valence-electron chi connectivity index (χ3n) is 3.52. The molecule has 0 fully saturated rings. The molecule has 0 unspecified atom stereocenters. The van der Waals surface area contributed by atoms with Crippen molar-refractivity contribution in [3.63, 3.8) is 0 Å². The van der Waals surface area contributed by atoms with Gasteiger partial charge in [0.1, 0.15) is 0 Å². The molecule has 0 atom stereocenters. The van der Waals surface area contributed by atoms with Crippen LogP contribution in [-0.2, 0) is 6.42 Å². The van der Waals surface area contributed by atoms with E-state index in [2.05, 4.69) is 15.5 Å². The molecule has 0 saturated heterocycles. The summed E-state index contributed by atoms with van der Waals surface area (Å²) in [6.07, 6.45) is 5.27. The molecule has 0 radical (unpaired) electrons. The lowest BCUT2D eigenvalue weighted by atomic mass is 10.1. The van der Waals surface area contributed by atoms with Crippen molar-refractivity contribution in [1.29, 1.82) is 0 Å². The molecule has 3 aromatic rings. The van der Waals surface area contributed by atoms with E-state index in [0.717, 1.165) is 24.0 Å². The van der Waals surface area contributed by atoms with Gasteiger partial charge in [-0.2, -0.15) is 0 Å². The Balaban J connectivity index is 1.51. The Bertz CT molecular complexity index is 801. The van der Waals surface area contributed by atoms with E-state index in [-0.39, 0.29) is 11.6 Å². The fourth-order valence-electron chi connectivity index (χ4n) is 2.26. The summed E-state index contributed by atoms with van der Waals surface area (Å²) in [6, 6.07) is 12.7. The normalized spacial score (nSPS) is 10.5. The van der Waals surface area contributed by atoms with Crippen LogP contribution < -0.4 is 5.32 Å². The van der Waals surface area contributed by atoms with Gasteiger partial charge < -0.3 is 9.84 Å². The average molecular weight is 342 g/mol. The highest BCUT2D eigenvalue weighted by Gasteiger charge is 2.13. The first-order valence-electron chi connectivity index (χ1n) is 7.62. The van der Waals surface area contributed by atoms with E-state index in [1.807, 2.05) is 30.5 Å². The zero-order valence-corrected chi connectivity index (χ0v) is 13.7. The third kappa shape index (κ3) is 4.20. The highest BCUT2D eigenvalue weighted by Crippen LogP contribution is 2.22. The zero-order chi connectivity index (χ0) is 16.8. The molecule has 3 rings (SSSR count). The predicted molar refractivity (Wildman–Crippen MR) is 91.8 cm³/mol. The van der Waals surface area contributed by atoms with Crippen LogP contribution in [0.1, 0.15) is 22.5 Å². The Morgan fingerprint density at radius 1 is 1.21 bits per heavy atom. The molecule has 1 amide bonds. The van der Waals surface area contributed by atoms with Gasteiger partial charge in [0.15, 0.2) is 11.5 Å². The molecule has 0 aliphatic heterocycles. The van der Waals surface area contributed by atoms with Gasteiger partial charge in [-0.3, -0.25) is 9.78 Å². The van der Waals surface area contributed by atoms with Gasteiger partial charge in [-0.15, -0.1) is 0 Å². The lowest BCUT2D eigenvalue weighted by Crippen LogP contribution is -2.25. The second-order valence-electron chi connectivity index (χ2n) is 5.30. The Morgan fingerprint density at radius 2 is 2.04 bits per heavy atom. The van der Waals surface area contributed by atoms with Crippen molar-refractivity contribution in [1.82, 2.24) is 15.5 Å². The molecule has 2 aromatic heterocycles. The van der Waals surface area contributed by atoms with Gasteiger partial charge in [0.2, 0.25) is 0 Å². The summed E-state index contributed by atoms with van der Waals surface area (Å²) in [5, 5.41) is 7.31. The number of aromatic nitrogens is 2. The molecule has 24 heavy (non-hydrogen) atoms. The van der Waals surface area contributed by atoms with Crippen LogP contribution in [0.15, 0.2) is 59.4 Å². The lowest BCUT2D eigenvalue weighted by Gasteiger charge is -2.02. The van der Waals surface area contributed by atoms with Gasteiger partial charge in [-0.1, -0.05) is 22.8 Å². The Morgan fingerprint density at radius 3 is 2.79 bits per heavy atom. The van der Waals surface area contributed by atoms with Crippen LogP contribution in [0.3, 0.4) is 0 Å². The van der Waals surface area contributed by atoms with E-state index < -0.39 is 0 Å². The summed E-state index contributed by atoms with van der Waals surface area (Å²) >= 11 is 5.86. The minimum absolute atomic E-state index is 0.245. The highest BCUT2D eigenvalue weighted by molar-refractivity contribution is 6.30. The number of hydrogen-bond donors (Lipinski definition) is 1.